The summed E-state index contributed by atoms with van der Waals surface area (Å²) in [5.41, 5.74) is 0.0569. The van der Waals surface area contributed by atoms with Crippen LogP contribution in [0, 0.1) is 11.3 Å². The van der Waals surface area contributed by atoms with Gasteiger partial charge in [-0.3, -0.25) is 0 Å². The maximum absolute atomic E-state index is 6.35. The molecule has 3 heteroatoms. The van der Waals surface area contributed by atoms with Gasteiger partial charge in [-0.1, -0.05) is 38.5 Å². The quantitative estimate of drug-likeness (QED) is 0.672. The lowest BCUT2D eigenvalue weighted by molar-refractivity contribution is -0.112. The second kappa shape index (κ2) is 9.12. The van der Waals surface area contributed by atoms with Gasteiger partial charge in [0.1, 0.15) is 0 Å². The Bertz CT molecular complexity index is 262. The zero-order valence-electron chi connectivity index (χ0n) is 14.1. The molecular formula is C18H34O3. The van der Waals surface area contributed by atoms with Gasteiger partial charge in [0.25, 0.3) is 0 Å². The maximum atomic E-state index is 6.35. The topological polar surface area (TPSA) is 27.7 Å². The molecule has 0 atom stereocenters. The van der Waals surface area contributed by atoms with Crippen LogP contribution in [0.1, 0.15) is 64.2 Å². The van der Waals surface area contributed by atoms with E-state index >= 15 is 0 Å². The molecular weight excluding hydrogens is 264 g/mol. The fraction of sp³-hybridized carbons (Fsp3) is 1.00. The van der Waals surface area contributed by atoms with Gasteiger partial charge < -0.3 is 14.2 Å². The summed E-state index contributed by atoms with van der Waals surface area (Å²) < 4.78 is 17.5. The lowest BCUT2D eigenvalue weighted by Crippen LogP contribution is -2.45. The number of rotatable bonds is 8. The first-order valence-corrected chi connectivity index (χ1v) is 8.90. The average molecular weight is 298 g/mol. The van der Waals surface area contributed by atoms with Crippen LogP contribution < -0.4 is 0 Å². The van der Waals surface area contributed by atoms with E-state index in [1.54, 1.807) is 0 Å². The molecule has 0 spiro atoms. The largest absolute Gasteiger partial charge is 0.384 e. The van der Waals surface area contributed by atoms with Crippen LogP contribution in [0.2, 0.25) is 0 Å². The van der Waals surface area contributed by atoms with E-state index in [4.69, 9.17) is 14.2 Å². The summed E-state index contributed by atoms with van der Waals surface area (Å²) in [6.07, 6.45) is 13.7. The van der Waals surface area contributed by atoms with Crippen molar-refractivity contribution < 1.29 is 14.2 Å². The van der Waals surface area contributed by atoms with Crippen molar-refractivity contribution in [3.63, 3.8) is 0 Å². The van der Waals surface area contributed by atoms with Crippen LogP contribution in [0.25, 0.3) is 0 Å². The molecule has 0 heterocycles. The number of hydrogen-bond acceptors (Lipinski definition) is 3. The fourth-order valence-corrected chi connectivity index (χ4v) is 4.28. The summed E-state index contributed by atoms with van der Waals surface area (Å²) in [5.74, 6) is 0.690. The molecule has 0 N–H and O–H groups in total. The molecule has 0 aromatic heterocycles. The van der Waals surface area contributed by atoms with E-state index in [9.17, 15) is 0 Å². The second-order valence-electron chi connectivity index (χ2n) is 7.13. The summed E-state index contributed by atoms with van der Waals surface area (Å²) >= 11 is 0. The summed E-state index contributed by atoms with van der Waals surface area (Å²) in [6, 6.07) is 0. The van der Waals surface area contributed by atoms with E-state index in [0.717, 1.165) is 19.8 Å². The van der Waals surface area contributed by atoms with E-state index in [1.807, 2.05) is 14.2 Å². The van der Waals surface area contributed by atoms with E-state index in [0.29, 0.717) is 12.0 Å². The van der Waals surface area contributed by atoms with Crippen LogP contribution in [0.5, 0.6) is 0 Å². The molecule has 0 bridgehead atoms. The van der Waals surface area contributed by atoms with Crippen LogP contribution in [-0.4, -0.2) is 40.1 Å². The molecule has 2 rings (SSSR count). The third-order valence-corrected chi connectivity index (χ3v) is 5.49. The molecule has 0 aliphatic heterocycles. The zero-order chi connectivity index (χ0) is 15.0. The minimum Gasteiger partial charge on any atom is -0.384 e. The highest BCUT2D eigenvalue weighted by atomic mass is 16.5. The van der Waals surface area contributed by atoms with E-state index in [-0.39, 0.29) is 5.41 Å². The Morgan fingerprint density at radius 2 is 1.24 bits per heavy atom. The summed E-state index contributed by atoms with van der Waals surface area (Å²) in [4.78, 5) is 0. The van der Waals surface area contributed by atoms with Gasteiger partial charge in [0.2, 0.25) is 0 Å². The first kappa shape index (κ1) is 17.2. The first-order valence-electron chi connectivity index (χ1n) is 8.90. The van der Waals surface area contributed by atoms with Crippen molar-refractivity contribution >= 4 is 0 Å². The van der Waals surface area contributed by atoms with Crippen LogP contribution in [0.15, 0.2) is 0 Å². The highest BCUT2D eigenvalue weighted by Crippen LogP contribution is 2.40. The van der Waals surface area contributed by atoms with Crippen LogP contribution in [0.3, 0.4) is 0 Å². The van der Waals surface area contributed by atoms with Crippen molar-refractivity contribution in [3.8, 4) is 0 Å². The molecule has 2 aliphatic rings. The zero-order valence-corrected chi connectivity index (χ0v) is 14.1. The van der Waals surface area contributed by atoms with Crippen molar-refractivity contribution in [2.75, 3.05) is 34.0 Å². The molecule has 0 aromatic rings. The van der Waals surface area contributed by atoms with Gasteiger partial charge in [0, 0.05) is 19.6 Å². The van der Waals surface area contributed by atoms with Gasteiger partial charge in [0.05, 0.1) is 25.9 Å². The monoisotopic (exact) mass is 298 g/mol. The van der Waals surface area contributed by atoms with E-state index in [2.05, 4.69) is 0 Å². The Morgan fingerprint density at radius 3 is 1.76 bits per heavy atom. The first-order chi connectivity index (χ1) is 10.3. The molecule has 3 nitrogen and oxygen atoms in total. The molecule has 2 fully saturated rings. The van der Waals surface area contributed by atoms with Gasteiger partial charge in [-0.05, 0) is 31.6 Å². The SMILES string of the molecule is COCC(COC)(COC1CCCCC1)C1CCCCC1. The van der Waals surface area contributed by atoms with E-state index < -0.39 is 0 Å². The number of ether oxygens (including phenoxy) is 3. The van der Waals surface area contributed by atoms with Crippen molar-refractivity contribution in [2.24, 2.45) is 11.3 Å². The van der Waals surface area contributed by atoms with Gasteiger partial charge in [-0.25, -0.2) is 0 Å². The minimum absolute atomic E-state index is 0.0569. The summed E-state index contributed by atoms with van der Waals surface area (Å²) in [6.45, 7) is 2.33. The molecule has 0 unspecified atom stereocenters. The fourth-order valence-electron chi connectivity index (χ4n) is 4.28. The molecule has 2 aliphatic carbocycles. The molecule has 21 heavy (non-hydrogen) atoms. The average Bonchev–Trinajstić information content (AvgIpc) is 2.55. The third kappa shape index (κ3) is 4.94. The molecule has 2 saturated carbocycles. The van der Waals surface area contributed by atoms with Gasteiger partial charge in [-0.2, -0.15) is 0 Å². The van der Waals surface area contributed by atoms with E-state index in [1.165, 1.54) is 64.2 Å². The number of methoxy groups -OCH3 is 2. The molecule has 0 saturated heterocycles. The lowest BCUT2D eigenvalue weighted by Gasteiger charge is -2.42. The van der Waals surface area contributed by atoms with Crippen molar-refractivity contribution in [1.82, 2.24) is 0 Å². The second-order valence-corrected chi connectivity index (χ2v) is 7.13. The molecule has 0 aromatic carbocycles. The smallest absolute Gasteiger partial charge is 0.0575 e. The highest BCUT2D eigenvalue weighted by molar-refractivity contribution is 4.89. The van der Waals surface area contributed by atoms with Gasteiger partial charge in [-0.15, -0.1) is 0 Å². The number of hydrogen-bond donors (Lipinski definition) is 0. The Balaban J connectivity index is 1.97. The Kier molecular flexibility index (Phi) is 7.48. The van der Waals surface area contributed by atoms with Crippen molar-refractivity contribution in [2.45, 2.75) is 70.3 Å². The Hall–Kier alpha value is -0.120. The third-order valence-electron chi connectivity index (χ3n) is 5.49. The van der Waals surface area contributed by atoms with Crippen molar-refractivity contribution in [1.29, 1.82) is 0 Å². The summed E-state index contributed by atoms with van der Waals surface area (Å²) in [7, 11) is 3.63. The van der Waals surface area contributed by atoms with Crippen LogP contribution in [-0.2, 0) is 14.2 Å². The predicted molar refractivity (Wildman–Crippen MR) is 85.6 cm³/mol. The molecule has 0 radical (unpaired) electrons. The Morgan fingerprint density at radius 1 is 0.714 bits per heavy atom. The van der Waals surface area contributed by atoms with Gasteiger partial charge >= 0.3 is 0 Å². The standard InChI is InChI=1S/C18H34O3/c1-19-13-18(14-20-2,16-9-5-3-6-10-16)15-21-17-11-7-4-8-12-17/h16-17H,3-15H2,1-2H3. The molecule has 0 amide bonds. The van der Waals surface area contributed by atoms with Crippen LogP contribution >= 0.6 is 0 Å². The maximum Gasteiger partial charge on any atom is 0.0575 e. The van der Waals surface area contributed by atoms with Gasteiger partial charge in [0.15, 0.2) is 0 Å². The van der Waals surface area contributed by atoms with Crippen molar-refractivity contribution in [3.05, 3.63) is 0 Å². The predicted octanol–water partition coefficient (Wildman–Crippen LogP) is 4.20. The molecule has 124 valence electrons. The minimum atomic E-state index is 0.0569. The lowest BCUT2D eigenvalue weighted by atomic mass is 9.69. The Labute approximate surface area is 130 Å². The van der Waals surface area contributed by atoms with Crippen LogP contribution in [0.4, 0.5) is 0 Å². The normalized spacial score (nSPS) is 22.6. The highest BCUT2D eigenvalue weighted by Gasteiger charge is 2.40. The summed E-state index contributed by atoms with van der Waals surface area (Å²) in [5, 5.41) is 0.